The number of hydrogen-bond donors (Lipinski definition) is 0. The molecule has 1 amide bonds. The van der Waals surface area contributed by atoms with Crippen molar-refractivity contribution in [3.63, 3.8) is 0 Å². The second-order valence-electron chi connectivity index (χ2n) is 6.43. The van der Waals surface area contributed by atoms with Crippen LogP contribution < -0.4 is 0 Å². The molecule has 1 saturated heterocycles. The maximum Gasteiger partial charge on any atom is 0.253 e. The second-order valence-corrected chi connectivity index (χ2v) is 6.43. The van der Waals surface area contributed by atoms with E-state index in [1.54, 1.807) is 0 Å². The standard InChI is InChI=1S/C20H24N2O/c1-21(2)19-12-14-22(15-13-19)20(23)18-10-8-17(9-11-18)16-6-4-3-5-7-16/h3-11,19H,12-15H2,1-2H3. The summed E-state index contributed by atoms with van der Waals surface area (Å²) in [6.07, 6.45) is 2.11. The molecule has 0 saturated carbocycles. The van der Waals surface area contributed by atoms with Crippen LogP contribution in [0.5, 0.6) is 0 Å². The lowest BCUT2D eigenvalue weighted by molar-refractivity contribution is 0.0663. The van der Waals surface area contributed by atoms with Crippen LogP contribution in [0.15, 0.2) is 54.6 Å². The van der Waals surface area contributed by atoms with Crippen molar-refractivity contribution in [2.24, 2.45) is 0 Å². The first-order chi connectivity index (χ1) is 11.1. The lowest BCUT2D eigenvalue weighted by Crippen LogP contribution is -2.44. The van der Waals surface area contributed by atoms with Crippen molar-refractivity contribution in [1.29, 1.82) is 0 Å². The molecular weight excluding hydrogens is 284 g/mol. The molecule has 2 aromatic rings. The number of piperidine rings is 1. The number of rotatable bonds is 3. The maximum atomic E-state index is 12.6. The molecule has 1 heterocycles. The molecule has 0 aliphatic carbocycles. The van der Waals surface area contributed by atoms with Crippen LogP contribution >= 0.6 is 0 Å². The van der Waals surface area contributed by atoms with E-state index in [2.05, 4.69) is 31.1 Å². The van der Waals surface area contributed by atoms with Gasteiger partial charge in [-0.05, 0) is 50.2 Å². The predicted octanol–water partition coefficient (Wildman–Crippen LogP) is 3.52. The average Bonchev–Trinajstić information content (AvgIpc) is 2.62. The molecule has 0 radical (unpaired) electrons. The van der Waals surface area contributed by atoms with Crippen LogP contribution in [0.4, 0.5) is 0 Å². The first-order valence-corrected chi connectivity index (χ1v) is 8.26. The number of carbonyl (C=O) groups excluding carboxylic acids is 1. The average molecular weight is 308 g/mol. The van der Waals surface area contributed by atoms with Crippen molar-refractivity contribution >= 4 is 5.91 Å². The van der Waals surface area contributed by atoms with E-state index < -0.39 is 0 Å². The zero-order chi connectivity index (χ0) is 16.2. The topological polar surface area (TPSA) is 23.6 Å². The van der Waals surface area contributed by atoms with E-state index in [0.29, 0.717) is 6.04 Å². The molecule has 3 heteroatoms. The van der Waals surface area contributed by atoms with Gasteiger partial charge in [0, 0.05) is 24.7 Å². The van der Waals surface area contributed by atoms with Gasteiger partial charge in [-0.1, -0.05) is 42.5 Å². The summed E-state index contributed by atoms with van der Waals surface area (Å²) in [6.45, 7) is 1.70. The van der Waals surface area contributed by atoms with Gasteiger partial charge in [0.25, 0.3) is 5.91 Å². The van der Waals surface area contributed by atoms with Crippen LogP contribution in [0.1, 0.15) is 23.2 Å². The molecule has 0 N–H and O–H groups in total. The van der Waals surface area contributed by atoms with E-state index in [-0.39, 0.29) is 5.91 Å². The summed E-state index contributed by atoms with van der Waals surface area (Å²) in [5.74, 6) is 0.154. The van der Waals surface area contributed by atoms with Gasteiger partial charge >= 0.3 is 0 Å². The highest BCUT2D eigenvalue weighted by Crippen LogP contribution is 2.21. The van der Waals surface area contributed by atoms with Crippen LogP contribution in [-0.4, -0.2) is 48.9 Å². The smallest absolute Gasteiger partial charge is 0.253 e. The number of carbonyl (C=O) groups is 1. The van der Waals surface area contributed by atoms with Gasteiger partial charge in [-0.25, -0.2) is 0 Å². The number of nitrogens with zero attached hydrogens (tertiary/aromatic N) is 2. The minimum atomic E-state index is 0.154. The Morgan fingerprint density at radius 3 is 2.04 bits per heavy atom. The van der Waals surface area contributed by atoms with Crippen molar-refractivity contribution in [2.75, 3.05) is 27.2 Å². The summed E-state index contributed by atoms with van der Waals surface area (Å²) < 4.78 is 0. The first-order valence-electron chi connectivity index (χ1n) is 8.26. The first kappa shape index (κ1) is 15.8. The molecule has 120 valence electrons. The van der Waals surface area contributed by atoms with E-state index in [1.807, 2.05) is 47.4 Å². The monoisotopic (exact) mass is 308 g/mol. The number of benzene rings is 2. The molecule has 0 aromatic heterocycles. The van der Waals surface area contributed by atoms with Crippen molar-refractivity contribution in [2.45, 2.75) is 18.9 Å². The van der Waals surface area contributed by atoms with E-state index in [9.17, 15) is 4.79 Å². The number of amides is 1. The highest BCUT2D eigenvalue weighted by atomic mass is 16.2. The predicted molar refractivity (Wildman–Crippen MR) is 94.5 cm³/mol. The fourth-order valence-electron chi connectivity index (χ4n) is 3.20. The highest BCUT2D eigenvalue weighted by molar-refractivity contribution is 5.94. The van der Waals surface area contributed by atoms with Crippen LogP contribution in [0, 0.1) is 0 Å². The minimum absolute atomic E-state index is 0.154. The molecule has 1 aliphatic heterocycles. The lowest BCUT2D eigenvalue weighted by Gasteiger charge is -2.35. The maximum absolute atomic E-state index is 12.6. The van der Waals surface area contributed by atoms with Gasteiger partial charge in [-0.3, -0.25) is 4.79 Å². The molecule has 3 nitrogen and oxygen atoms in total. The molecule has 0 spiro atoms. The summed E-state index contributed by atoms with van der Waals surface area (Å²) in [6, 6.07) is 18.8. The van der Waals surface area contributed by atoms with Gasteiger partial charge in [0.1, 0.15) is 0 Å². The molecular formula is C20H24N2O. The van der Waals surface area contributed by atoms with Gasteiger partial charge in [0.15, 0.2) is 0 Å². The summed E-state index contributed by atoms with van der Waals surface area (Å²) in [5.41, 5.74) is 3.11. The molecule has 0 bridgehead atoms. The van der Waals surface area contributed by atoms with Crippen LogP contribution in [-0.2, 0) is 0 Å². The molecule has 0 atom stereocenters. The molecule has 23 heavy (non-hydrogen) atoms. The third kappa shape index (κ3) is 3.62. The molecule has 3 rings (SSSR count). The normalized spacial score (nSPS) is 15.9. The Labute approximate surface area is 138 Å². The quantitative estimate of drug-likeness (QED) is 0.866. The molecule has 0 unspecified atom stereocenters. The summed E-state index contributed by atoms with van der Waals surface area (Å²) >= 11 is 0. The van der Waals surface area contributed by atoms with E-state index in [1.165, 1.54) is 5.56 Å². The highest BCUT2D eigenvalue weighted by Gasteiger charge is 2.24. The summed E-state index contributed by atoms with van der Waals surface area (Å²) in [4.78, 5) is 16.9. The third-order valence-corrected chi connectivity index (χ3v) is 4.72. The zero-order valence-electron chi connectivity index (χ0n) is 13.9. The van der Waals surface area contributed by atoms with Crippen molar-refractivity contribution < 1.29 is 4.79 Å². The number of hydrogen-bond acceptors (Lipinski definition) is 2. The Morgan fingerprint density at radius 2 is 1.48 bits per heavy atom. The lowest BCUT2D eigenvalue weighted by atomic mass is 10.0. The Balaban J connectivity index is 1.67. The molecule has 1 fully saturated rings. The fraction of sp³-hybridized carbons (Fsp3) is 0.350. The van der Waals surface area contributed by atoms with Gasteiger partial charge in [-0.2, -0.15) is 0 Å². The van der Waals surface area contributed by atoms with Crippen LogP contribution in [0.25, 0.3) is 11.1 Å². The van der Waals surface area contributed by atoms with Crippen molar-refractivity contribution in [3.8, 4) is 11.1 Å². The fourth-order valence-corrected chi connectivity index (χ4v) is 3.20. The second kappa shape index (κ2) is 6.97. The zero-order valence-corrected chi connectivity index (χ0v) is 13.9. The minimum Gasteiger partial charge on any atom is -0.339 e. The largest absolute Gasteiger partial charge is 0.339 e. The van der Waals surface area contributed by atoms with Gasteiger partial charge in [0.05, 0.1) is 0 Å². The summed E-state index contributed by atoms with van der Waals surface area (Å²) in [7, 11) is 4.23. The summed E-state index contributed by atoms with van der Waals surface area (Å²) in [5, 5.41) is 0. The SMILES string of the molecule is CN(C)C1CCN(C(=O)c2ccc(-c3ccccc3)cc2)CC1. The Hall–Kier alpha value is -2.13. The molecule has 2 aromatic carbocycles. The Kier molecular flexibility index (Phi) is 4.77. The number of likely N-dealkylation sites (tertiary alicyclic amines) is 1. The van der Waals surface area contributed by atoms with E-state index in [4.69, 9.17) is 0 Å². The van der Waals surface area contributed by atoms with Crippen LogP contribution in [0.2, 0.25) is 0 Å². The van der Waals surface area contributed by atoms with Gasteiger partial charge < -0.3 is 9.80 Å². The van der Waals surface area contributed by atoms with Crippen LogP contribution in [0.3, 0.4) is 0 Å². The van der Waals surface area contributed by atoms with E-state index in [0.717, 1.165) is 37.1 Å². The van der Waals surface area contributed by atoms with E-state index >= 15 is 0 Å². The third-order valence-electron chi connectivity index (χ3n) is 4.72. The Bertz CT molecular complexity index is 641. The van der Waals surface area contributed by atoms with Gasteiger partial charge in [0.2, 0.25) is 0 Å². The van der Waals surface area contributed by atoms with Crippen molar-refractivity contribution in [3.05, 3.63) is 60.2 Å². The van der Waals surface area contributed by atoms with Gasteiger partial charge in [-0.15, -0.1) is 0 Å². The van der Waals surface area contributed by atoms with Crippen molar-refractivity contribution in [1.82, 2.24) is 9.80 Å². The molecule has 1 aliphatic rings. The Morgan fingerprint density at radius 1 is 0.913 bits per heavy atom.